The Kier molecular flexibility index (Phi) is 2.75. The Hall–Kier alpha value is -0.600. The monoisotopic (exact) mass is 213 g/mol. The summed E-state index contributed by atoms with van der Waals surface area (Å²) in [6, 6.07) is 5.13. The normalized spacial score (nSPS) is 22.9. The summed E-state index contributed by atoms with van der Waals surface area (Å²) >= 11 is 5.63. The zero-order valence-electron chi connectivity index (χ0n) is 8.13. The lowest BCUT2D eigenvalue weighted by Gasteiger charge is -2.10. The molecule has 0 unspecified atom stereocenters. The zero-order valence-corrected chi connectivity index (χ0v) is 8.89. The number of halogens is 2. The second-order valence-electron chi connectivity index (χ2n) is 3.92. The Morgan fingerprint density at radius 3 is 2.86 bits per heavy atom. The second kappa shape index (κ2) is 3.87. The Labute approximate surface area is 88.5 Å². The summed E-state index contributed by atoms with van der Waals surface area (Å²) in [6.45, 7) is 2.11. The molecule has 0 spiro atoms. The van der Waals surface area contributed by atoms with Gasteiger partial charge in [-0.05, 0) is 43.6 Å². The summed E-state index contributed by atoms with van der Waals surface area (Å²) in [6.07, 6.45) is 1.11. The number of nitrogens with zero attached hydrogens (tertiary/aromatic N) is 1. The van der Waals surface area contributed by atoms with Crippen molar-refractivity contribution in [3.8, 4) is 0 Å². The molecule has 0 aliphatic carbocycles. The molecule has 1 nitrogen and oxygen atoms in total. The maximum absolute atomic E-state index is 13.2. The molecular formula is C11H13ClFN. The topological polar surface area (TPSA) is 3.24 Å². The van der Waals surface area contributed by atoms with Crippen molar-refractivity contribution < 1.29 is 4.39 Å². The van der Waals surface area contributed by atoms with Crippen LogP contribution in [0.5, 0.6) is 0 Å². The molecule has 0 radical (unpaired) electrons. The first kappa shape index (κ1) is 9.94. The molecule has 1 aliphatic heterocycles. The van der Waals surface area contributed by atoms with Gasteiger partial charge < -0.3 is 4.90 Å². The van der Waals surface area contributed by atoms with Crippen LogP contribution in [0.4, 0.5) is 4.39 Å². The lowest BCUT2D eigenvalue weighted by Crippen LogP contribution is -2.13. The van der Waals surface area contributed by atoms with Gasteiger partial charge in [0.1, 0.15) is 5.82 Å². The molecule has 1 saturated heterocycles. The van der Waals surface area contributed by atoms with Crippen LogP contribution in [-0.4, -0.2) is 25.0 Å². The maximum Gasteiger partial charge on any atom is 0.142 e. The number of likely N-dealkylation sites (N-methyl/N-ethyl adjacent to an activating group) is 1. The van der Waals surface area contributed by atoms with Gasteiger partial charge in [0.15, 0.2) is 0 Å². The largest absolute Gasteiger partial charge is 0.306 e. The summed E-state index contributed by atoms with van der Waals surface area (Å²) in [4.78, 5) is 2.26. The molecule has 1 atom stereocenters. The molecule has 0 N–H and O–H groups in total. The van der Waals surface area contributed by atoms with E-state index in [1.54, 1.807) is 12.1 Å². The van der Waals surface area contributed by atoms with E-state index >= 15 is 0 Å². The third kappa shape index (κ3) is 1.91. The highest BCUT2D eigenvalue weighted by Gasteiger charge is 2.21. The second-order valence-corrected chi connectivity index (χ2v) is 4.33. The predicted octanol–water partition coefficient (Wildman–Crippen LogP) is 2.90. The SMILES string of the molecule is CN1CC[C@H](c2ccc(Cl)c(F)c2)C1. The third-order valence-electron chi connectivity index (χ3n) is 2.81. The van der Waals surface area contributed by atoms with Crippen LogP contribution in [-0.2, 0) is 0 Å². The van der Waals surface area contributed by atoms with Gasteiger partial charge in [0.05, 0.1) is 5.02 Å². The standard InChI is InChI=1S/C11H13ClFN/c1-14-5-4-9(7-14)8-2-3-10(12)11(13)6-8/h2-3,6,9H,4-5,7H2,1H3/t9-/m0/s1. The van der Waals surface area contributed by atoms with Gasteiger partial charge in [-0.1, -0.05) is 17.7 Å². The third-order valence-corrected chi connectivity index (χ3v) is 3.11. The van der Waals surface area contributed by atoms with E-state index in [2.05, 4.69) is 11.9 Å². The van der Waals surface area contributed by atoms with Crippen molar-refractivity contribution in [2.24, 2.45) is 0 Å². The minimum atomic E-state index is -0.307. The summed E-state index contributed by atoms with van der Waals surface area (Å²) in [5, 5.41) is 0.208. The minimum Gasteiger partial charge on any atom is -0.306 e. The summed E-state index contributed by atoms with van der Waals surface area (Å²) in [5.41, 5.74) is 1.07. The van der Waals surface area contributed by atoms with E-state index in [0.717, 1.165) is 25.1 Å². The number of hydrogen-bond acceptors (Lipinski definition) is 1. The molecule has 0 bridgehead atoms. The van der Waals surface area contributed by atoms with E-state index in [1.807, 2.05) is 6.07 Å². The van der Waals surface area contributed by atoms with Crippen LogP contribution in [0, 0.1) is 5.82 Å². The number of hydrogen-bond donors (Lipinski definition) is 0. The first-order chi connectivity index (χ1) is 6.66. The molecule has 1 aliphatic rings. The van der Waals surface area contributed by atoms with E-state index in [4.69, 9.17) is 11.6 Å². The van der Waals surface area contributed by atoms with Gasteiger partial charge in [-0.25, -0.2) is 4.39 Å². The molecular weight excluding hydrogens is 201 g/mol. The molecule has 14 heavy (non-hydrogen) atoms. The smallest absolute Gasteiger partial charge is 0.142 e. The van der Waals surface area contributed by atoms with E-state index in [0.29, 0.717) is 5.92 Å². The molecule has 2 rings (SSSR count). The van der Waals surface area contributed by atoms with Crippen LogP contribution in [0.2, 0.25) is 5.02 Å². The molecule has 0 saturated carbocycles. The van der Waals surface area contributed by atoms with Gasteiger partial charge in [-0.3, -0.25) is 0 Å². The van der Waals surface area contributed by atoms with Gasteiger partial charge in [0.2, 0.25) is 0 Å². The van der Waals surface area contributed by atoms with Gasteiger partial charge >= 0.3 is 0 Å². The number of benzene rings is 1. The molecule has 1 aromatic rings. The highest BCUT2D eigenvalue weighted by molar-refractivity contribution is 6.30. The Morgan fingerprint density at radius 1 is 1.50 bits per heavy atom. The van der Waals surface area contributed by atoms with Crippen LogP contribution in [0.3, 0.4) is 0 Å². The van der Waals surface area contributed by atoms with Crippen molar-refractivity contribution in [2.75, 3.05) is 20.1 Å². The minimum absolute atomic E-state index is 0.208. The average molecular weight is 214 g/mol. The Balaban J connectivity index is 2.20. The molecule has 1 heterocycles. The Morgan fingerprint density at radius 2 is 2.29 bits per heavy atom. The molecule has 3 heteroatoms. The van der Waals surface area contributed by atoms with E-state index in [-0.39, 0.29) is 10.8 Å². The molecule has 1 aromatic carbocycles. The fourth-order valence-electron chi connectivity index (χ4n) is 1.97. The van der Waals surface area contributed by atoms with Crippen molar-refractivity contribution in [1.29, 1.82) is 0 Å². The Bertz CT molecular complexity index is 340. The van der Waals surface area contributed by atoms with E-state index in [1.165, 1.54) is 0 Å². The van der Waals surface area contributed by atoms with Crippen molar-refractivity contribution in [3.05, 3.63) is 34.6 Å². The van der Waals surface area contributed by atoms with Crippen molar-refractivity contribution in [3.63, 3.8) is 0 Å². The molecule has 1 fully saturated rings. The number of rotatable bonds is 1. The van der Waals surface area contributed by atoms with Crippen LogP contribution in [0.15, 0.2) is 18.2 Å². The first-order valence-electron chi connectivity index (χ1n) is 4.80. The maximum atomic E-state index is 13.2. The highest BCUT2D eigenvalue weighted by Crippen LogP contribution is 2.28. The highest BCUT2D eigenvalue weighted by atomic mass is 35.5. The average Bonchev–Trinajstić information content (AvgIpc) is 2.57. The van der Waals surface area contributed by atoms with Crippen molar-refractivity contribution >= 4 is 11.6 Å². The summed E-state index contributed by atoms with van der Waals surface area (Å²) in [7, 11) is 2.09. The fraction of sp³-hybridized carbons (Fsp3) is 0.455. The lowest BCUT2D eigenvalue weighted by atomic mass is 9.98. The zero-order chi connectivity index (χ0) is 10.1. The van der Waals surface area contributed by atoms with E-state index < -0.39 is 0 Å². The van der Waals surface area contributed by atoms with Crippen molar-refractivity contribution in [1.82, 2.24) is 4.90 Å². The van der Waals surface area contributed by atoms with E-state index in [9.17, 15) is 4.39 Å². The fourth-order valence-corrected chi connectivity index (χ4v) is 2.09. The lowest BCUT2D eigenvalue weighted by molar-refractivity contribution is 0.411. The van der Waals surface area contributed by atoms with Crippen LogP contribution in [0.25, 0.3) is 0 Å². The molecule has 76 valence electrons. The van der Waals surface area contributed by atoms with Gasteiger partial charge in [-0.2, -0.15) is 0 Å². The molecule has 0 amide bonds. The predicted molar refractivity (Wildman–Crippen MR) is 56.3 cm³/mol. The van der Waals surface area contributed by atoms with Crippen LogP contribution >= 0.6 is 11.6 Å². The summed E-state index contributed by atoms with van der Waals surface area (Å²) < 4.78 is 13.2. The van der Waals surface area contributed by atoms with Crippen LogP contribution < -0.4 is 0 Å². The quantitative estimate of drug-likeness (QED) is 0.694. The van der Waals surface area contributed by atoms with Gasteiger partial charge in [0.25, 0.3) is 0 Å². The number of likely N-dealkylation sites (tertiary alicyclic amines) is 1. The van der Waals surface area contributed by atoms with Gasteiger partial charge in [0, 0.05) is 6.54 Å². The van der Waals surface area contributed by atoms with Gasteiger partial charge in [-0.15, -0.1) is 0 Å². The van der Waals surface area contributed by atoms with Crippen LogP contribution in [0.1, 0.15) is 17.9 Å². The van der Waals surface area contributed by atoms with Crippen molar-refractivity contribution in [2.45, 2.75) is 12.3 Å². The molecule has 0 aromatic heterocycles. The summed E-state index contributed by atoms with van der Waals surface area (Å²) in [5.74, 6) is 0.158. The first-order valence-corrected chi connectivity index (χ1v) is 5.18.